The van der Waals surface area contributed by atoms with Crippen LogP contribution >= 0.6 is 31.9 Å². The Morgan fingerprint density at radius 3 is 2.24 bits per heavy atom. The SMILES string of the molecule is COc1ccc(C2CCc3ccc(Br)cc3-c3cc(Br)ccc32)cc1. The maximum absolute atomic E-state index is 5.32. The molecule has 0 heterocycles. The standard InChI is InChI=1S/C22H18Br2O/c1-25-18-8-3-14(4-9-18)19-10-5-15-2-6-16(23)12-21(15)22-13-17(24)7-11-20(19)22/h2-4,6-9,11-13,19H,5,10H2,1H3. The monoisotopic (exact) mass is 456 g/mol. The van der Waals surface area contributed by atoms with Crippen molar-refractivity contribution in [2.24, 2.45) is 0 Å². The average Bonchev–Trinajstić information content (AvgIpc) is 2.78. The highest BCUT2D eigenvalue weighted by molar-refractivity contribution is 9.10. The Hall–Kier alpha value is -1.58. The second-order valence-corrected chi connectivity index (χ2v) is 8.23. The molecule has 0 aliphatic heterocycles. The Morgan fingerprint density at radius 2 is 1.52 bits per heavy atom. The largest absolute Gasteiger partial charge is 0.497 e. The number of hydrogen-bond acceptors (Lipinski definition) is 1. The van der Waals surface area contributed by atoms with Gasteiger partial charge in [-0.2, -0.15) is 0 Å². The molecule has 1 aliphatic carbocycles. The maximum Gasteiger partial charge on any atom is 0.118 e. The van der Waals surface area contributed by atoms with Gasteiger partial charge < -0.3 is 4.74 Å². The summed E-state index contributed by atoms with van der Waals surface area (Å²) < 4.78 is 7.56. The lowest BCUT2D eigenvalue weighted by Gasteiger charge is -2.19. The fraction of sp³-hybridized carbons (Fsp3) is 0.182. The van der Waals surface area contributed by atoms with Crippen LogP contribution in [0.2, 0.25) is 0 Å². The Labute approximate surface area is 165 Å². The number of ether oxygens (including phenoxy) is 1. The molecule has 1 unspecified atom stereocenters. The summed E-state index contributed by atoms with van der Waals surface area (Å²) in [6.45, 7) is 0. The van der Waals surface area contributed by atoms with Crippen LogP contribution in [-0.2, 0) is 6.42 Å². The summed E-state index contributed by atoms with van der Waals surface area (Å²) in [6.07, 6.45) is 2.18. The number of methoxy groups -OCH3 is 1. The van der Waals surface area contributed by atoms with Gasteiger partial charge in [-0.15, -0.1) is 0 Å². The molecule has 126 valence electrons. The van der Waals surface area contributed by atoms with E-state index in [4.69, 9.17) is 4.74 Å². The lowest BCUT2D eigenvalue weighted by Crippen LogP contribution is -2.02. The van der Waals surface area contributed by atoms with E-state index in [2.05, 4.69) is 92.5 Å². The minimum atomic E-state index is 0.389. The number of fused-ring (bicyclic) bond motifs is 3. The van der Waals surface area contributed by atoms with Crippen LogP contribution in [0.25, 0.3) is 11.1 Å². The van der Waals surface area contributed by atoms with E-state index in [-0.39, 0.29) is 0 Å². The fourth-order valence-electron chi connectivity index (χ4n) is 3.72. The summed E-state index contributed by atoms with van der Waals surface area (Å²) in [6, 6.07) is 21.8. The first-order chi connectivity index (χ1) is 12.2. The van der Waals surface area contributed by atoms with Gasteiger partial charge in [-0.3, -0.25) is 0 Å². The molecule has 3 aromatic rings. The van der Waals surface area contributed by atoms with Crippen LogP contribution in [0.4, 0.5) is 0 Å². The zero-order chi connectivity index (χ0) is 17.4. The van der Waals surface area contributed by atoms with Gasteiger partial charge in [0.15, 0.2) is 0 Å². The van der Waals surface area contributed by atoms with E-state index in [9.17, 15) is 0 Å². The summed E-state index contributed by atoms with van der Waals surface area (Å²) in [4.78, 5) is 0. The first-order valence-electron chi connectivity index (χ1n) is 8.38. The van der Waals surface area contributed by atoms with E-state index in [1.54, 1.807) is 7.11 Å². The Kier molecular flexibility index (Phi) is 4.70. The van der Waals surface area contributed by atoms with Crippen molar-refractivity contribution in [3.05, 3.63) is 86.3 Å². The van der Waals surface area contributed by atoms with E-state index in [0.717, 1.165) is 27.5 Å². The van der Waals surface area contributed by atoms with Gasteiger partial charge in [0.05, 0.1) is 7.11 Å². The summed E-state index contributed by atoms with van der Waals surface area (Å²) >= 11 is 7.29. The molecule has 0 saturated carbocycles. The lowest BCUT2D eigenvalue weighted by molar-refractivity contribution is 0.414. The third kappa shape index (κ3) is 3.28. The van der Waals surface area contributed by atoms with E-state index in [1.165, 1.54) is 27.8 Å². The molecule has 0 radical (unpaired) electrons. The minimum absolute atomic E-state index is 0.389. The van der Waals surface area contributed by atoms with Crippen LogP contribution in [0.3, 0.4) is 0 Å². The summed E-state index contributed by atoms with van der Waals surface area (Å²) in [5.74, 6) is 1.29. The highest BCUT2D eigenvalue weighted by atomic mass is 79.9. The molecule has 0 aromatic heterocycles. The molecule has 3 heteroatoms. The third-order valence-corrected chi connectivity index (χ3v) is 5.96. The molecule has 1 aliphatic rings. The van der Waals surface area contributed by atoms with Crippen LogP contribution in [0.5, 0.6) is 5.75 Å². The number of benzene rings is 3. The van der Waals surface area contributed by atoms with Gasteiger partial charge in [0.2, 0.25) is 0 Å². The topological polar surface area (TPSA) is 9.23 Å². The quantitative estimate of drug-likeness (QED) is 0.403. The van der Waals surface area contributed by atoms with Gasteiger partial charge >= 0.3 is 0 Å². The van der Waals surface area contributed by atoms with E-state index >= 15 is 0 Å². The van der Waals surface area contributed by atoms with Crippen molar-refractivity contribution in [2.75, 3.05) is 7.11 Å². The molecule has 0 fully saturated rings. The molecule has 4 rings (SSSR count). The highest BCUT2D eigenvalue weighted by Gasteiger charge is 2.24. The van der Waals surface area contributed by atoms with Crippen molar-refractivity contribution >= 4 is 31.9 Å². The van der Waals surface area contributed by atoms with Crippen molar-refractivity contribution < 1.29 is 4.74 Å². The van der Waals surface area contributed by atoms with Gasteiger partial charge in [-0.25, -0.2) is 0 Å². The molecule has 0 bridgehead atoms. The van der Waals surface area contributed by atoms with Gasteiger partial charge in [0, 0.05) is 14.9 Å². The second-order valence-electron chi connectivity index (χ2n) is 6.40. The molecule has 3 aromatic carbocycles. The molecule has 1 atom stereocenters. The zero-order valence-corrected chi connectivity index (χ0v) is 17.1. The van der Waals surface area contributed by atoms with E-state index in [1.807, 2.05) is 0 Å². The van der Waals surface area contributed by atoms with Crippen LogP contribution in [0, 0.1) is 0 Å². The molecule has 1 nitrogen and oxygen atoms in total. The predicted molar refractivity (Wildman–Crippen MR) is 110 cm³/mol. The normalized spacial score (nSPS) is 15.9. The minimum Gasteiger partial charge on any atom is -0.497 e. The van der Waals surface area contributed by atoms with Crippen LogP contribution in [0.15, 0.2) is 69.6 Å². The molecule has 0 amide bonds. The maximum atomic E-state index is 5.32. The summed E-state index contributed by atoms with van der Waals surface area (Å²) in [5, 5.41) is 0. The van der Waals surface area contributed by atoms with Crippen LogP contribution in [0.1, 0.15) is 29.0 Å². The molecule has 0 spiro atoms. The lowest BCUT2D eigenvalue weighted by atomic mass is 9.86. The smallest absolute Gasteiger partial charge is 0.118 e. The molecular weight excluding hydrogens is 440 g/mol. The fourth-order valence-corrected chi connectivity index (χ4v) is 4.44. The molecule has 0 saturated heterocycles. The molecule has 25 heavy (non-hydrogen) atoms. The van der Waals surface area contributed by atoms with Crippen molar-refractivity contribution in [3.8, 4) is 16.9 Å². The first kappa shape index (κ1) is 16.9. The van der Waals surface area contributed by atoms with Crippen molar-refractivity contribution in [2.45, 2.75) is 18.8 Å². The Balaban J connectivity index is 1.88. The van der Waals surface area contributed by atoms with Gasteiger partial charge in [0.25, 0.3) is 0 Å². The summed E-state index contributed by atoms with van der Waals surface area (Å²) in [5.41, 5.74) is 6.81. The number of halogens is 2. The number of aryl methyl sites for hydroxylation is 1. The zero-order valence-electron chi connectivity index (χ0n) is 13.9. The first-order valence-corrected chi connectivity index (χ1v) is 9.96. The molecular formula is C22H18Br2O. The van der Waals surface area contributed by atoms with Crippen LogP contribution in [-0.4, -0.2) is 7.11 Å². The van der Waals surface area contributed by atoms with Crippen molar-refractivity contribution in [1.29, 1.82) is 0 Å². The van der Waals surface area contributed by atoms with Gasteiger partial charge in [-0.05, 0) is 77.1 Å². The van der Waals surface area contributed by atoms with Crippen LogP contribution < -0.4 is 4.74 Å². The second kappa shape index (κ2) is 6.97. The van der Waals surface area contributed by atoms with E-state index in [0.29, 0.717) is 5.92 Å². The van der Waals surface area contributed by atoms with E-state index < -0.39 is 0 Å². The van der Waals surface area contributed by atoms with Gasteiger partial charge in [-0.1, -0.05) is 56.1 Å². The van der Waals surface area contributed by atoms with Gasteiger partial charge in [0.1, 0.15) is 5.75 Å². The Morgan fingerprint density at radius 1 is 0.840 bits per heavy atom. The van der Waals surface area contributed by atoms with Crippen molar-refractivity contribution in [3.63, 3.8) is 0 Å². The molecule has 0 N–H and O–H groups in total. The number of rotatable bonds is 2. The average molecular weight is 458 g/mol. The predicted octanol–water partition coefficient (Wildman–Crippen LogP) is 6.97. The number of hydrogen-bond donors (Lipinski definition) is 0. The summed E-state index contributed by atoms with van der Waals surface area (Å²) in [7, 11) is 1.71. The van der Waals surface area contributed by atoms with Crippen molar-refractivity contribution in [1.82, 2.24) is 0 Å². The Bertz CT molecular complexity index is 916. The highest BCUT2D eigenvalue weighted by Crippen LogP contribution is 2.43. The third-order valence-electron chi connectivity index (χ3n) is 4.97.